The summed E-state index contributed by atoms with van der Waals surface area (Å²) in [5, 5.41) is 7.12. The molecule has 0 aliphatic carbocycles. The summed E-state index contributed by atoms with van der Waals surface area (Å²) in [6.07, 6.45) is -2.90. The summed E-state index contributed by atoms with van der Waals surface area (Å²) in [4.78, 5) is 13.5. The minimum absolute atomic E-state index is 0.377. The number of carboxylic acids is 1. The van der Waals surface area contributed by atoms with Crippen molar-refractivity contribution in [1.29, 1.82) is 0 Å². The molecular formula is C17H26F3N3O3. The summed E-state index contributed by atoms with van der Waals surface area (Å²) < 4.78 is 37.3. The summed E-state index contributed by atoms with van der Waals surface area (Å²) in [7, 11) is 5.89. The molecule has 1 aromatic rings. The van der Waals surface area contributed by atoms with Gasteiger partial charge in [0.2, 0.25) is 0 Å². The van der Waals surface area contributed by atoms with E-state index in [0.717, 1.165) is 38.2 Å². The number of carbonyl (C=O) groups is 1. The molecule has 148 valence electrons. The normalized spacial score (nSPS) is 15.8. The van der Waals surface area contributed by atoms with Crippen LogP contribution < -0.4 is 15.4 Å². The Morgan fingerprint density at radius 2 is 1.88 bits per heavy atom. The maximum absolute atomic E-state index is 10.6. The van der Waals surface area contributed by atoms with E-state index in [4.69, 9.17) is 20.4 Å². The molecule has 0 saturated carbocycles. The Balaban J connectivity index is 0.000000412. The van der Waals surface area contributed by atoms with Crippen LogP contribution in [0.3, 0.4) is 0 Å². The monoisotopic (exact) mass is 377 g/mol. The third-order valence-corrected chi connectivity index (χ3v) is 4.07. The SMILES string of the molecule is COc1cccc(N(C)C)c1CN1CCC(N)CC1.O=C(O)C(F)(F)F. The van der Waals surface area contributed by atoms with E-state index in [9.17, 15) is 13.2 Å². The van der Waals surface area contributed by atoms with Crippen molar-refractivity contribution in [3.05, 3.63) is 23.8 Å². The lowest BCUT2D eigenvalue weighted by molar-refractivity contribution is -0.192. The van der Waals surface area contributed by atoms with Gasteiger partial charge < -0.3 is 20.5 Å². The molecule has 1 aromatic carbocycles. The molecule has 1 saturated heterocycles. The smallest absolute Gasteiger partial charge is 0.490 e. The number of aliphatic carboxylic acids is 1. The molecule has 9 heteroatoms. The van der Waals surface area contributed by atoms with Crippen LogP contribution in [0, 0.1) is 0 Å². The minimum Gasteiger partial charge on any atom is -0.496 e. The fourth-order valence-electron chi connectivity index (χ4n) is 2.66. The van der Waals surface area contributed by atoms with Gasteiger partial charge in [0.25, 0.3) is 0 Å². The van der Waals surface area contributed by atoms with E-state index >= 15 is 0 Å². The highest BCUT2D eigenvalue weighted by molar-refractivity contribution is 5.73. The van der Waals surface area contributed by atoms with E-state index in [2.05, 4.69) is 30.0 Å². The second-order valence-corrected chi connectivity index (χ2v) is 6.27. The van der Waals surface area contributed by atoms with E-state index in [1.54, 1.807) is 7.11 Å². The molecule has 0 bridgehead atoms. The molecule has 6 nitrogen and oxygen atoms in total. The summed E-state index contributed by atoms with van der Waals surface area (Å²) in [5.74, 6) is -1.78. The van der Waals surface area contributed by atoms with Gasteiger partial charge in [-0.25, -0.2) is 4.79 Å². The molecule has 1 heterocycles. The largest absolute Gasteiger partial charge is 0.496 e. The fourth-order valence-corrected chi connectivity index (χ4v) is 2.66. The van der Waals surface area contributed by atoms with Gasteiger partial charge in [-0.15, -0.1) is 0 Å². The van der Waals surface area contributed by atoms with Crippen molar-refractivity contribution in [3.8, 4) is 5.75 Å². The van der Waals surface area contributed by atoms with Crippen LogP contribution in [0.1, 0.15) is 18.4 Å². The molecule has 1 aliphatic heterocycles. The van der Waals surface area contributed by atoms with E-state index in [1.807, 2.05) is 12.1 Å². The second kappa shape index (κ2) is 9.63. The van der Waals surface area contributed by atoms with Crippen LogP contribution in [0.2, 0.25) is 0 Å². The zero-order valence-corrected chi connectivity index (χ0v) is 15.2. The first-order chi connectivity index (χ1) is 12.1. The second-order valence-electron chi connectivity index (χ2n) is 6.27. The fraction of sp³-hybridized carbons (Fsp3) is 0.588. The topological polar surface area (TPSA) is 79.0 Å². The highest BCUT2D eigenvalue weighted by Gasteiger charge is 2.38. The Labute approximate surface area is 151 Å². The van der Waals surface area contributed by atoms with Crippen molar-refractivity contribution >= 4 is 11.7 Å². The minimum atomic E-state index is -5.08. The standard InChI is InChI=1S/C15H25N3O.C2HF3O2/c1-17(2)14-5-4-6-15(19-3)13(14)11-18-9-7-12(16)8-10-18;3-2(4,5)1(6)7/h4-6,12H,7-11,16H2,1-3H3;(H,6,7). The maximum Gasteiger partial charge on any atom is 0.490 e. The highest BCUT2D eigenvalue weighted by atomic mass is 19.4. The number of alkyl halides is 3. The van der Waals surface area contributed by atoms with Gasteiger partial charge in [-0.3, -0.25) is 4.90 Å². The molecule has 1 aliphatic rings. The van der Waals surface area contributed by atoms with Crippen LogP contribution in [0.15, 0.2) is 18.2 Å². The number of ether oxygens (including phenoxy) is 1. The van der Waals surface area contributed by atoms with Crippen molar-refractivity contribution in [2.45, 2.75) is 31.6 Å². The summed E-state index contributed by atoms with van der Waals surface area (Å²) >= 11 is 0. The first kappa shape index (κ1) is 22.0. The van der Waals surface area contributed by atoms with Gasteiger partial charge >= 0.3 is 12.1 Å². The number of halogens is 3. The molecule has 2 rings (SSSR count). The molecule has 0 spiro atoms. The lowest BCUT2D eigenvalue weighted by atomic mass is 10.0. The Morgan fingerprint density at radius 3 is 2.31 bits per heavy atom. The number of nitrogens with two attached hydrogens (primary N) is 1. The zero-order chi connectivity index (χ0) is 19.9. The van der Waals surface area contributed by atoms with Gasteiger partial charge in [0.1, 0.15) is 5.75 Å². The first-order valence-electron chi connectivity index (χ1n) is 8.17. The molecule has 0 amide bonds. The lowest BCUT2D eigenvalue weighted by Gasteiger charge is -2.31. The summed E-state index contributed by atoms with van der Waals surface area (Å²) in [5.41, 5.74) is 8.46. The number of piperidine rings is 1. The van der Waals surface area contributed by atoms with Gasteiger partial charge in [0, 0.05) is 37.9 Å². The molecule has 0 radical (unpaired) electrons. The van der Waals surface area contributed by atoms with Crippen LogP contribution in [0.5, 0.6) is 5.75 Å². The lowest BCUT2D eigenvalue weighted by Crippen LogP contribution is -2.39. The predicted molar refractivity (Wildman–Crippen MR) is 93.5 cm³/mol. The van der Waals surface area contributed by atoms with E-state index in [-0.39, 0.29) is 0 Å². The number of nitrogens with zero attached hydrogens (tertiary/aromatic N) is 2. The molecule has 0 atom stereocenters. The summed E-state index contributed by atoms with van der Waals surface area (Å²) in [6, 6.07) is 6.61. The van der Waals surface area contributed by atoms with Crippen molar-refractivity contribution in [1.82, 2.24) is 4.90 Å². The van der Waals surface area contributed by atoms with Crippen LogP contribution in [-0.2, 0) is 11.3 Å². The third kappa shape index (κ3) is 6.72. The van der Waals surface area contributed by atoms with Crippen molar-refractivity contribution in [2.24, 2.45) is 5.73 Å². The number of hydrogen-bond donors (Lipinski definition) is 2. The number of rotatable bonds is 4. The average molecular weight is 377 g/mol. The zero-order valence-electron chi connectivity index (χ0n) is 15.2. The van der Waals surface area contributed by atoms with E-state index in [0.29, 0.717) is 6.04 Å². The quantitative estimate of drug-likeness (QED) is 0.838. The molecule has 0 aromatic heterocycles. The Hall–Kier alpha value is -2.00. The van der Waals surface area contributed by atoms with Crippen molar-refractivity contribution < 1.29 is 27.8 Å². The molecule has 3 N–H and O–H groups in total. The number of likely N-dealkylation sites (tertiary alicyclic amines) is 1. The van der Waals surface area contributed by atoms with E-state index in [1.165, 1.54) is 11.3 Å². The van der Waals surface area contributed by atoms with Crippen molar-refractivity contribution in [2.75, 3.05) is 39.2 Å². The number of anilines is 1. The number of hydrogen-bond acceptors (Lipinski definition) is 5. The van der Waals surface area contributed by atoms with Crippen LogP contribution >= 0.6 is 0 Å². The Morgan fingerprint density at radius 1 is 1.35 bits per heavy atom. The van der Waals surface area contributed by atoms with Crippen LogP contribution in [0.4, 0.5) is 18.9 Å². The Kier molecular flexibility index (Phi) is 8.16. The Bertz CT molecular complexity index is 586. The summed E-state index contributed by atoms with van der Waals surface area (Å²) in [6.45, 7) is 3.09. The number of carboxylic acid groups (broad SMARTS) is 1. The van der Waals surface area contributed by atoms with Gasteiger partial charge in [-0.1, -0.05) is 6.07 Å². The van der Waals surface area contributed by atoms with Gasteiger partial charge in [0.15, 0.2) is 0 Å². The number of methoxy groups -OCH3 is 1. The van der Waals surface area contributed by atoms with Crippen LogP contribution in [-0.4, -0.2) is 62.5 Å². The highest BCUT2D eigenvalue weighted by Crippen LogP contribution is 2.30. The predicted octanol–water partition coefficient (Wildman–Crippen LogP) is 2.32. The number of benzene rings is 1. The molecule has 1 fully saturated rings. The molecule has 26 heavy (non-hydrogen) atoms. The van der Waals surface area contributed by atoms with Gasteiger partial charge in [-0.2, -0.15) is 13.2 Å². The first-order valence-corrected chi connectivity index (χ1v) is 8.17. The van der Waals surface area contributed by atoms with E-state index < -0.39 is 12.1 Å². The van der Waals surface area contributed by atoms with Gasteiger partial charge in [-0.05, 0) is 38.1 Å². The van der Waals surface area contributed by atoms with Crippen molar-refractivity contribution in [3.63, 3.8) is 0 Å². The average Bonchev–Trinajstić information content (AvgIpc) is 2.56. The van der Waals surface area contributed by atoms with Gasteiger partial charge in [0.05, 0.1) is 7.11 Å². The maximum atomic E-state index is 10.6. The molecule has 0 unspecified atom stereocenters. The third-order valence-electron chi connectivity index (χ3n) is 4.07. The molecular weight excluding hydrogens is 351 g/mol. The van der Waals surface area contributed by atoms with Crippen LogP contribution in [0.25, 0.3) is 0 Å².